The number of aromatic carboxylic acids is 1. The first-order valence-corrected chi connectivity index (χ1v) is 5.32. The molecule has 14 heavy (non-hydrogen) atoms. The molecule has 2 nitrogen and oxygen atoms in total. The lowest BCUT2D eigenvalue weighted by molar-refractivity contribution is 0.0696. The van der Waals surface area contributed by atoms with Gasteiger partial charge in [0, 0.05) is 10.1 Å². The average Bonchev–Trinajstić information content (AvgIpc) is 2.42. The van der Waals surface area contributed by atoms with Crippen LogP contribution >= 0.6 is 24.0 Å². The highest BCUT2D eigenvalue weighted by atomic mass is 32.2. The topological polar surface area (TPSA) is 37.3 Å². The van der Waals surface area contributed by atoms with Gasteiger partial charge < -0.3 is 5.11 Å². The number of rotatable bonds is 1. The number of aryl methyl sites for hydroxylation is 1. The smallest absolute Gasteiger partial charge is 0.338 e. The highest BCUT2D eigenvalue weighted by Gasteiger charge is 2.16. The molecule has 0 aliphatic heterocycles. The van der Waals surface area contributed by atoms with Crippen LogP contribution in [0.15, 0.2) is 22.4 Å². The summed E-state index contributed by atoms with van der Waals surface area (Å²) in [6.45, 7) is 1.97. The van der Waals surface area contributed by atoms with E-state index in [0.717, 1.165) is 15.6 Å². The van der Waals surface area contributed by atoms with Gasteiger partial charge in [-0.1, -0.05) is 18.2 Å². The lowest BCUT2D eigenvalue weighted by Gasteiger charge is -1.95. The number of thiophene rings is 1. The van der Waals surface area contributed by atoms with Gasteiger partial charge in [0.2, 0.25) is 0 Å². The second kappa shape index (κ2) is 3.29. The van der Waals surface area contributed by atoms with Gasteiger partial charge in [0.1, 0.15) is 0 Å². The molecule has 2 rings (SSSR count). The second-order valence-corrected chi connectivity index (χ2v) is 4.81. The number of fused-ring (bicyclic) bond motifs is 1. The first kappa shape index (κ1) is 9.55. The molecular formula is C10H8O2S2. The summed E-state index contributed by atoms with van der Waals surface area (Å²) in [6, 6.07) is 5.66. The van der Waals surface area contributed by atoms with Crippen molar-refractivity contribution in [1.82, 2.24) is 0 Å². The van der Waals surface area contributed by atoms with Crippen molar-refractivity contribution in [3.05, 3.63) is 29.3 Å². The van der Waals surface area contributed by atoms with Crippen molar-refractivity contribution in [1.29, 1.82) is 0 Å². The van der Waals surface area contributed by atoms with Gasteiger partial charge in [-0.25, -0.2) is 4.79 Å². The fourth-order valence-corrected chi connectivity index (χ4v) is 2.95. The van der Waals surface area contributed by atoms with E-state index in [1.807, 2.05) is 25.1 Å². The number of thiol groups is 1. The van der Waals surface area contributed by atoms with Crippen LogP contribution in [-0.2, 0) is 0 Å². The number of carboxylic acid groups (broad SMARTS) is 1. The van der Waals surface area contributed by atoms with Crippen LogP contribution in [0.1, 0.15) is 15.9 Å². The van der Waals surface area contributed by atoms with E-state index in [-0.39, 0.29) is 0 Å². The standard InChI is InChI=1S/C10H8O2S2/c1-5-3-2-4-6-7(9(11)12)10(13)14-8(5)6/h2-4,13H,1H3,(H,11,12). The quantitative estimate of drug-likeness (QED) is 0.730. The Labute approximate surface area is 90.6 Å². The molecule has 2 aromatic rings. The average molecular weight is 224 g/mol. The third-order valence-corrected chi connectivity index (χ3v) is 3.75. The Balaban J connectivity index is 2.90. The third-order valence-electron chi connectivity index (χ3n) is 2.11. The van der Waals surface area contributed by atoms with Gasteiger partial charge in [-0.2, -0.15) is 0 Å². The lowest BCUT2D eigenvalue weighted by Crippen LogP contribution is -1.94. The van der Waals surface area contributed by atoms with E-state index in [9.17, 15) is 4.79 Å². The minimum atomic E-state index is -0.910. The number of carboxylic acids is 1. The molecule has 0 saturated heterocycles. The number of hydrogen-bond donors (Lipinski definition) is 2. The summed E-state index contributed by atoms with van der Waals surface area (Å²) >= 11 is 5.60. The molecule has 0 aliphatic carbocycles. The van der Waals surface area contributed by atoms with Crippen LogP contribution in [0.4, 0.5) is 0 Å². The molecular weight excluding hydrogens is 216 g/mol. The van der Waals surface area contributed by atoms with Crippen molar-refractivity contribution >= 4 is 40.0 Å². The Hall–Kier alpha value is -1.000. The fourth-order valence-electron chi connectivity index (χ4n) is 1.45. The van der Waals surface area contributed by atoms with Crippen LogP contribution in [0.25, 0.3) is 10.1 Å². The van der Waals surface area contributed by atoms with E-state index >= 15 is 0 Å². The van der Waals surface area contributed by atoms with E-state index in [0.29, 0.717) is 9.77 Å². The maximum atomic E-state index is 11.0. The van der Waals surface area contributed by atoms with E-state index in [2.05, 4.69) is 12.6 Å². The van der Waals surface area contributed by atoms with Crippen LogP contribution in [0.2, 0.25) is 0 Å². The highest BCUT2D eigenvalue weighted by molar-refractivity contribution is 7.83. The van der Waals surface area contributed by atoms with E-state index in [4.69, 9.17) is 5.11 Å². The third kappa shape index (κ3) is 1.31. The summed E-state index contributed by atoms with van der Waals surface area (Å²) in [5.41, 5.74) is 1.41. The summed E-state index contributed by atoms with van der Waals surface area (Å²) in [4.78, 5) is 11.0. The maximum Gasteiger partial charge on any atom is 0.338 e. The van der Waals surface area contributed by atoms with Gasteiger partial charge in [0.05, 0.1) is 9.77 Å². The van der Waals surface area contributed by atoms with Crippen LogP contribution in [0.3, 0.4) is 0 Å². The molecule has 1 heterocycles. The zero-order chi connectivity index (χ0) is 10.3. The van der Waals surface area contributed by atoms with Gasteiger partial charge in [-0.3, -0.25) is 0 Å². The molecule has 4 heteroatoms. The number of hydrogen-bond acceptors (Lipinski definition) is 3. The summed E-state index contributed by atoms with van der Waals surface area (Å²) in [5, 5.41) is 9.79. The van der Waals surface area contributed by atoms with Crippen molar-refractivity contribution < 1.29 is 9.90 Å². The van der Waals surface area contributed by atoms with Crippen LogP contribution in [0, 0.1) is 6.92 Å². The molecule has 0 saturated carbocycles. The SMILES string of the molecule is Cc1cccc2c(C(=O)O)c(S)sc12. The second-order valence-electron chi connectivity index (χ2n) is 3.04. The predicted octanol–water partition coefficient (Wildman–Crippen LogP) is 3.20. The van der Waals surface area contributed by atoms with Crippen LogP contribution in [-0.4, -0.2) is 11.1 Å². The van der Waals surface area contributed by atoms with Gasteiger partial charge >= 0.3 is 5.97 Å². The zero-order valence-electron chi connectivity index (χ0n) is 7.44. The highest BCUT2D eigenvalue weighted by Crippen LogP contribution is 2.35. The Morgan fingerprint density at radius 2 is 2.21 bits per heavy atom. The number of carbonyl (C=O) groups is 1. The fraction of sp³-hybridized carbons (Fsp3) is 0.100. The Morgan fingerprint density at radius 3 is 2.86 bits per heavy atom. The summed E-state index contributed by atoms with van der Waals surface area (Å²) in [5.74, 6) is -0.910. The van der Waals surface area contributed by atoms with Gasteiger partial charge in [-0.05, 0) is 12.5 Å². The van der Waals surface area contributed by atoms with Crippen LogP contribution < -0.4 is 0 Å². The molecule has 0 amide bonds. The molecule has 0 radical (unpaired) electrons. The van der Waals surface area contributed by atoms with E-state index in [1.165, 1.54) is 11.3 Å². The predicted molar refractivity (Wildman–Crippen MR) is 60.8 cm³/mol. The number of benzene rings is 1. The Kier molecular flexibility index (Phi) is 2.25. The summed E-state index contributed by atoms with van der Waals surface area (Å²) < 4.78 is 1.58. The van der Waals surface area contributed by atoms with Crippen molar-refractivity contribution in [3.63, 3.8) is 0 Å². The van der Waals surface area contributed by atoms with E-state index in [1.54, 1.807) is 0 Å². The van der Waals surface area contributed by atoms with Crippen molar-refractivity contribution in [2.45, 2.75) is 11.1 Å². The van der Waals surface area contributed by atoms with Crippen LogP contribution in [0.5, 0.6) is 0 Å². The Morgan fingerprint density at radius 1 is 1.50 bits per heavy atom. The molecule has 1 aromatic carbocycles. The maximum absolute atomic E-state index is 11.0. The van der Waals surface area contributed by atoms with Gasteiger partial charge in [0.25, 0.3) is 0 Å². The van der Waals surface area contributed by atoms with E-state index < -0.39 is 5.97 Å². The largest absolute Gasteiger partial charge is 0.478 e. The van der Waals surface area contributed by atoms with Gasteiger partial charge in [-0.15, -0.1) is 24.0 Å². The normalized spacial score (nSPS) is 10.7. The molecule has 0 fully saturated rings. The summed E-state index contributed by atoms with van der Waals surface area (Å²) in [6.07, 6.45) is 0. The summed E-state index contributed by atoms with van der Waals surface area (Å²) in [7, 11) is 0. The molecule has 0 bridgehead atoms. The molecule has 0 spiro atoms. The minimum Gasteiger partial charge on any atom is -0.478 e. The molecule has 1 N–H and O–H groups in total. The molecule has 0 atom stereocenters. The Bertz CT molecular complexity index is 514. The molecule has 0 aliphatic rings. The first-order valence-electron chi connectivity index (χ1n) is 4.05. The molecule has 0 unspecified atom stereocenters. The first-order chi connectivity index (χ1) is 6.61. The van der Waals surface area contributed by atoms with Crippen molar-refractivity contribution in [2.24, 2.45) is 0 Å². The van der Waals surface area contributed by atoms with Crippen molar-refractivity contribution in [3.8, 4) is 0 Å². The monoisotopic (exact) mass is 224 g/mol. The zero-order valence-corrected chi connectivity index (χ0v) is 9.15. The van der Waals surface area contributed by atoms with Crippen molar-refractivity contribution in [2.75, 3.05) is 0 Å². The molecule has 1 aromatic heterocycles. The van der Waals surface area contributed by atoms with Gasteiger partial charge in [0.15, 0.2) is 0 Å². The lowest BCUT2D eigenvalue weighted by atomic mass is 10.1. The minimum absolute atomic E-state index is 0.317. The molecule has 72 valence electrons.